The molecule has 0 aliphatic rings. The van der Waals surface area contributed by atoms with Crippen molar-refractivity contribution in [1.29, 1.82) is 0 Å². The highest BCUT2D eigenvalue weighted by molar-refractivity contribution is 7.92. The van der Waals surface area contributed by atoms with Crippen LogP contribution in [-0.4, -0.2) is 34.0 Å². The van der Waals surface area contributed by atoms with Gasteiger partial charge in [-0.25, -0.2) is 8.42 Å². The minimum Gasteiger partial charge on any atom is -0.484 e. The normalized spacial score (nSPS) is 12.2. The zero-order chi connectivity index (χ0) is 27.4. The molecule has 15 heteroatoms. The van der Waals surface area contributed by atoms with Gasteiger partial charge in [-0.1, -0.05) is 35.3 Å². The standard InChI is InChI=1S/C22H15Cl2F6NO5S/c23-13-5-7-17(15(24)9-13)36-18-4-2-1-3-16(18)31-37(32,33)20-10-14(34-11-21(25,26)27)6-8-19(20)35-12-22(28,29)30/h1-10,31H,11-12H2. The average molecular weight is 590 g/mol. The average Bonchev–Trinajstić information content (AvgIpc) is 2.78. The van der Waals surface area contributed by atoms with Gasteiger partial charge in [0.05, 0.1) is 10.7 Å². The van der Waals surface area contributed by atoms with Crippen LogP contribution in [0, 0.1) is 0 Å². The third-order valence-corrected chi connectivity index (χ3v) is 6.16. The Bertz CT molecular complexity index is 1370. The van der Waals surface area contributed by atoms with Crippen molar-refractivity contribution in [3.63, 3.8) is 0 Å². The quantitative estimate of drug-likeness (QED) is 0.262. The van der Waals surface area contributed by atoms with Gasteiger partial charge in [-0.05, 0) is 42.5 Å². The number of anilines is 1. The second-order valence-electron chi connectivity index (χ2n) is 7.19. The highest BCUT2D eigenvalue weighted by atomic mass is 35.5. The monoisotopic (exact) mass is 589 g/mol. The van der Waals surface area contributed by atoms with E-state index in [9.17, 15) is 34.8 Å². The van der Waals surface area contributed by atoms with Crippen LogP contribution >= 0.6 is 23.2 Å². The Balaban J connectivity index is 1.96. The number of sulfonamides is 1. The number of para-hydroxylation sites is 2. The number of alkyl halides is 6. The van der Waals surface area contributed by atoms with Gasteiger partial charge >= 0.3 is 12.4 Å². The van der Waals surface area contributed by atoms with E-state index in [2.05, 4.69) is 14.2 Å². The number of nitrogens with one attached hydrogen (secondary N) is 1. The van der Waals surface area contributed by atoms with Crippen LogP contribution in [0.4, 0.5) is 32.0 Å². The molecule has 0 saturated heterocycles. The smallest absolute Gasteiger partial charge is 0.422 e. The molecule has 0 atom stereocenters. The lowest BCUT2D eigenvalue weighted by molar-refractivity contribution is -0.154. The highest BCUT2D eigenvalue weighted by Gasteiger charge is 2.32. The third kappa shape index (κ3) is 8.51. The molecule has 37 heavy (non-hydrogen) atoms. The molecule has 200 valence electrons. The number of rotatable bonds is 9. The molecule has 1 N–H and O–H groups in total. The van der Waals surface area contributed by atoms with Gasteiger partial charge < -0.3 is 14.2 Å². The number of ether oxygens (including phenoxy) is 3. The van der Waals surface area contributed by atoms with E-state index in [-0.39, 0.29) is 22.2 Å². The van der Waals surface area contributed by atoms with Gasteiger partial charge in [-0.3, -0.25) is 4.72 Å². The summed E-state index contributed by atoms with van der Waals surface area (Å²) in [6.45, 7) is -3.62. The molecule has 0 heterocycles. The molecular formula is C22H15Cl2F6NO5S. The van der Waals surface area contributed by atoms with Crippen LogP contribution in [0.1, 0.15) is 0 Å². The third-order valence-electron chi connectivity index (χ3n) is 4.24. The molecule has 0 unspecified atom stereocenters. The van der Waals surface area contributed by atoms with Gasteiger partial charge in [0.1, 0.15) is 22.1 Å². The molecular weight excluding hydrogens is 575 g/mol. The van der Waals surface area contributed by atoms with Crippen molar-refractivity contribution in [2.45, 2.75) is 17.2 Å². The maximum absolute atomic E-state index is 13.2. The minimum absolute atomic E-state index is 0.0578. The molecule has 0 radical (unpaired) electrons. The van der Waals surface area contributed by atoms with Crippen LogP contribution < -0.4 is 18.9 Å². The summed E-state index contributed by atoms with van der Waals surface area (Å²) in [5.41, 5.74) is -0.170. The summed E-state index contributed by atoms with van der Waals surface area (Å²) in [4.78, 5) is -0.907. The lowest BCUT2D eigenvalue weighted by atomic mass is 10.3. The first-order chi connectivity index (χ1) is 17.1. The van der Waals surface area contributed by atoms with Crippen molar-refractivity contribution in [3.05, 3.63) is 70.7 Å². The predicted octanol–water partition coefficient (Wildman–Crippen LogP) is 7.47. The molecule has 0 bridgehead atoms. The van der Waals surface area contributed by atoms with Gasteiger partial charge in [0, 0.05) is 11.1 Å². The van der Waals surface area contributed by atoms with E-state index in [0.717, 1.165) is 12.1 Å². The van der Waals surface area contributed by atoms with Crippen LogP contribution in [-0.2, 0) is 10.0 Å². The molecule has 0 amide bonds. The van der Waals surface area contributed by atoms with E-state index in [1.54, 1.807) is 0 Å². The predicted molar refractivity (Wildman–Crippen MR) is 123 cm³/mol. The number of halogens is 8. The summed E-state index contributed by atoms with van der Waals surface area (Å²) in [5, 5.41) is 0.410. The molecule has 0 saturated carbocycles. The zero-order valence-corrected chi connectivity index (χ0v) is 20.5. The van der Waals surface area contributed by atoms with Crippen molar-refractivity contribution in [2.24, 2.45) is 0 Å². The number of benzene rings is 3. The largest absolute Gasteiger partial charge is 0.484 e. The molecule has 3 aromatic carbocycles. The van der Waals surface area contributed by atoms with E-state index in [4.69, 9.17) is 27.9 Å². The van der Waals surface area contributed by atoms with Crippen LogP contribution in [0.5, 0.6) is 23.0 Å². The fourth-order valence-corrected chi connectivity index (χ4v) is 4.43. The summed E-state index contributed by atoms with van der Waals surface area (Å²) in [6.07, 6.45) is -9.57. The molecule has 0 fully saturated rings. The Hall–Kier alpha value is -3.03. The molecule has 0 spiro atoms. The summed E-state index contributed by atoms with van der Waals surface area (Å²) in [7, 11) is -4.76. The Morgan fingerprint density at radius 3 is 2.03 bits per heavy atom. The fraction of sp³-hybridized carbons (Fsp3) is 0.182. The van der Waals surface area contributed by atoms with Gasteiger partial charge in [-0.15, -0.1) is 0 Å². The van der Waals surface area contributed by atoms with Crippen molar-refractivity contribution in [1.82, 2.24) is 0 Å². The summed E-state index contributed by atoms with van der Waals surface area (Å²) in [5.74, 6) is -1.30. The molecule has 3 rings (SSSR count). The van der Waals surface area contributed by atoms with Crippen molar-refractivity contribution < 1.29 is 49.0 Å². The Labute approximate surface area is 216 Å². The second kappa shape index (κ2) is 11.2. The summed E-state index contributed by atoms with van der Waals surface area (Å²) in [6, 6.07) is 12.0. The summed E-state index contributed by atoms with van der Waals surface area (Å²) >= 11 is 11.9. The maximum atomic E-state index is 13.2. The van der Waals surface area contributed by atoms with E-state index in [0.29, 0.717) is 11.1 Å². The van der Waals surface area contributed by atoms with Crippen molar-refractivity contribution in [2.75, 3.05) is 17.9 Å². The van der Waals surface area contributed by atoms with Gasteiger partial charge in [-0.2, -0.15) is 26.3 Å². The van der Waals surface area contributed by atoms with Crippen LogP contribution in [0.15, 0.2) is 65.6 Å². The van der Waals surface area contributed by atoms with Crippen LogP contribution in [0.25, 0.3) is 0 Å². The SMILES string of the molecule is O=S(=O)(Nc1ccccc1Oc1ccc(Cl)cc1Cl)c1cc(OCC(F)(F)F)ccc1OCC(F)(F)F. The maximum Gasteiger partial charge on any atom is 0.422 e. The lowest BCUT2D eigenvalue weighted by Crippen LogP contribution is -2.22. The molecule has 0 aliphatic heterocycles. The molecule has 3 aromatic rings. The van der Waals surface area contributed by atoms with E-state index >= 15 is 0 Å². The highest BCUT2D eigenvalue weighted by Crippen LogP contribution is 2.37. The Kier molecular flexibility index (Phi) is 8.60. The molecule has 0 aliphatic carbocycles. The number of hydrogen-bond acceptors (Lipinski definition) is 5. The Morgan fingerprint density at radius 2 is 1.38 bits per heavy atom. The first kappa shape index (κ1) is 28.5. The topological polar surface area (TPSA) is 73.9 Å². The first-order valence-electron chi connectivity index (χ1n) is 9.91. The summed E-state index contributed by atoms with van der Waals surface area (Å²) < 4.78 is 119. The Morgan fingerprint density at radius 1 is 0.757 bits per heavy atom. The van der Waals surface area contributed by atoms with Gasteiger partial charge in [0.2, 0.25) is 0 Å². The second-order valence-corrected chi connectivity index (χ2v) is 9.69. The molecule has 0 aromatic heterocycles. The van der Waals surface area contributed by atoms with Crippen LogP contribution in [0.3, 0.4) is 0 Å². The van der Waals surface area contributed by atoms with Crippen molar-refractivity contribution >= 4 is 38.9 Å². The van der Waals surface area contributed by atoms with Crippen LogP contribution in [0.2, 0.25) is 10.0 Å². The van der Waals surface area contributed by atoms with Gasteiger partial charge in [0.25, 0.3) is 10.0 Å². The number of hydrogen-bond donors (Lipinski definition) is 1. The van der Waals surface area contributed by atoms with E-state index in [1.807, 2.05) is 0 Å². The first-order valence-corrected chi connectivity index (χ1v) is 12.1. The van der Waals surface area contributed by atoms with Crippen molar-refractivity contribution in [3.8, 4) is 23.0 Å². The zero-order valence-electron chi connectivity index (χ0n) is 18.2. The van der Waals surface area contributed by atoms with E-state index < -0.39 is 52.0 Å². The fourth-order valence-electron chi connectivity index (χ4n) is 2.75. The lowest BCUT2D eigenvalue weighted by Gasteiger charge is -2.18. The minimum atomic E-state index is -4.82. The van der Waals surface area contributed by atoms with E-state index in [1.165, 1.54) is 42.5 Å². The van der Waals surface area contributed by atoms with Gasteiger partial charge in [0.15, 0.2) is 19.0 Å². The molecule has 6 nitrogen and oxygen atoms in total.